The van der Waals surface area contributed by atoms with E-state index in [4.69, 9.17) is 23.2 Å². The van der Waals surface area contributed by atoms with Crippen LogP contribution in [0.2, 0.25) is 9.36 Å². The zero-order valence-corrected chi connectivity index (χ0v) is 22.8. The summed E-state index contributed by atoms with van der Waals surface area (Å²) in [7, 11) is -4.05. The molecule has 2 aromatic carbocycles. The summed E-state index contributed by atoms with van der Waals surface area (Å²) in [6, 6.07) is 18.9. The van der Waals surface area contributed by atoms with Crippen LogP contribution in [0.5, 0.6) is 0 Å². The van der Waals surface area contributed by atoms with E-state index in [9.17, 15) is 13.2 Å². The van der Waals surface area contributed by atoms with Crippen LogP contribution >= 0.6 is 34.5 Å². The van der Waals surface area contributed by atoms with Crippen LogP contribution in [0.1, 0.15) is 27.4 Å². The van der Waals surface area contributed by atoms with Gasteiger partial charge in [0.15, 0.2) is 5.65 Å². The van der Waals surface area contributed by atoms with E-state index >= 15 is 0 Å². The number of hydrogen-bond acceptors (Lipinski definition) is 6. The van der Waals surface area contributed by atoms with Crippen molar-refractivity contribution in [2.24, 2.45) is 0 Å². The van der Waals surface area contributed by atoms with Crippen LogP contribution in [0.4, 0.5) is 0 Å². The Kier molecular flexibility index (Phi) is 6.80. The standard InChI is InChI=1S/C26H20Cl2N4O3S2/c1-15-3-7-19(8-4-15)37(34,35)31-26(33)22-10-9-21-25(30-22)32(16(2)29-21)14-18-6-5-17(13-20(18)27)23-11-12-24(28)36-23/h3-13H,14H2,1-2H3,(H,31,33). The third-order valence-corrected chi connectivity index (χ3v) is 8.79. The molecule has 0 spiro atoms. The highest BCUT2D eigenvalue weighted by atomic mass is 35.5. The Balaban J connectivity index is 1.43. The number of nitrogens with zero attached hydrogens (tertiary/aromatic N) is 3. The zero-order valence-electron chi connectivity index (χ0n) is 19.7. The Hall–Kier alpha value is -3.24. The monoisotopic (exact) mass is 570 g/mol. The molecule has 188 valence electrons. The second kappa shape index (κ2) is 9.90. The molecule has 0 unspecified atom stereocenters. The van der Waals surface area contributed by atoms with Gasteiger partial charge in [-0.2, -0.15) is 0 Å². The first kappa shape index (κ1) is 25.4. The Labute approximate surface area is 227 Å². The Morgan fingerprint density at radius 3 is 2.41 bits per heavy atom. The molecule has 0 bridgehead atoms. The molecule has 0 saturated heterocycles. The molecule has 1 amide bonds. The van der Waals surface area contributed by atoms with Crippen molar-refractivity contribution in [1.29, 1.82) is 0 Å². The molecule has 3 heterocycles. The van der Waals surface area contributed by atoms with E-state index in [0.29, 0.717) is 32.9 Å². The Morgan fingerprint density at radius 1 is 0.973 bits per heavy atom. The second-order valence-corrected chi connectivity index (χ2v) is 12.2. The number of hydrogen-bond donors (Lipinski definition) is 1. The molecular formula is C26H20Cl2N4O3S2. The largest absolute Gasteiger partial charge is 0.308 e. The van der Waals surface area contributed by atoms with Crippen LogP contribution in [-0.4, -0.2) is 28.9 Å². The van der Waals surface area contributed by atoms with Crippen molar-refractivity contribution in [2.75, 3.05) is 0 Å². The maximum absolute atomic E-state index is 12.8. The molecule has 3 aromatic heterocycles. The lowest BCUT2D eigenvalue weighted by molar-refractivity contribution is 0.0977. The summed E-state index contributed by atoms with van der Waals surface area (Å²) < 4.78 is 30.0. The number of aromatic nitrogens is 3. The molecule has 0 aliphatic carbocycles. The zero-order chi connectivity index (χ0) is 26.3. The van der Waals surface area contributed by atoms with Gasteiger partial charge >= 0.3 is 0 Å². The van der Waals surface area contributed by atoms with Crippen LogP contribution in [0.25, 0.3) is 21.6 Å². The average Bonchev–Trinajstić information content (AvgIpc) is 3.42. The van der Waals surface area contributed by atoms with E-state index in [1.54, 1.807) is 18.2 Å². The minimum absolute atomic E-state index is 0.00340. The molecule has 0 aliphatic heterocycles. The number of amides is 1. The van der Waals surface area contributed by atoms with Gasteiger partial charge in [-0.15, -0.1) is 11.3 Å². The number of pyridine rings is 1. The molecule has 0 fully saturated rings. The van der Waals surface area contributed by atoms with Gasteiger partial charge in [0, 0.05) is 9.90 Å². The number of rotatable bonds is 6. The fourth-order valence-electron chi connectivity index (χ4n) is 3.85. The smallest absolute Gasteiger partial charge is 0.283 e. The first-order chi connectivity index (χ1) is 17.6. The molecule has 11 heteroatoms. The number of thiophene rings is 1. The molecule has 0 saturated carbocycles. The summed E-state index contributed by atoms with van der Waals surface area (Å²) >= 11 is 14.2. The van der Waals surface area contributed by atoms with Gasteiger partial charge in [-0.25, -0.2) is 23.1 Å². The van der Waals surface area contributed by atoms with E-state index < -0.39 is 15.9 Å². The van der Waals surface area contributed by atoms with Crippen molar-refractivity contribution in [3.63, 3.8) is 0 Å². The second-order valence-electron chi connectivity index (χ2n) is 8.44. The van der Waals surface area contributed by atoms with E-state index in [0.717, 1.165) is 21.6 Å². The number of carbonyl (C=O) groups is 1. The van der Waals surface area contributed by atoms with Gasteiger partial charge in [-0.1, -0.05) is 53.0 Å². The van der Waals surface area contributed by atoms with E-state index in [-0.39, 0.29) is 10.6 Å². The van der Waals surface area contributed by atoms with Crippen LogP contribution < -0.4 is 4.72 Å². The van der Waals surface area contributed by atoms with Gasteiger partial charge in [0.1, 0.15) is 17.0 Å². The number of imidazole rings is 1. The van der Waals surface area contributed by atoms with E-state index in [1.807, 2.05) is 48.7 Å². The fourth-order valence-corrected chi connectivity index (χ4v) is 6.09. The van der Waals surface area contributed by atoms with Crippen molar-refractivity contribution < 1.29 is 13.2 Å². The number of halogens is 2. The third-order valence-electron chi connectivity index (χ3n) is 5.81. The molecular weight excluding hydrogens is 551 g/mol. The maximum Gasteiger partial charge on any atom is 0.283 e. The lowest BCUT2D eigenvalue weighted by Crippen LogP contribution is -2.31. The van der Waals surface area contributed by atoms with Gasteiger partial charge in [-0.3, -0.25) is 4.79 Å². The Morgan fingerprint density at radius 2 is 1.73 bits per heavy atom. The highest BCUT2D eigenvalue weighted by Crippen LogP contribution is 2.33. The van der Waals surface area contributed by atoms with Gasteiger partial charge < -0.3 is 4.57 Å². The van der Waals surface area contributed by atoms with Crippen molar-refractivity contribution in [3.8, 4) is 10.4 Å². The molecule has 0 atom stereocenters. The quantitative estimate of drug-likeness (QED) is 0.260. The number of nitrogens with one attached hydrogen (secondary N) is 1. The molecule has 7 nitrogen and oxygen atoms in total. The van der Waals surface area contributed by atoms with Crippen LogP contribution in [0.3, 0.4) is 0 Å². The molecule has 1 N–H and O–H groups in total. The highest BCUT2D eigenvalue weighted by molar-refractivity contribution is 7.90. The van der Waals surface area contributed by atoms with Gasteiger partial charge in [0.25, 0.3) is 15.9 Å². The average molecular weight is 572 g/mol. The van der Waals surface area contributed by atoms with Crippen LogP contribution in [0, 0.1) is 13.8 Å². The molecule has 0 aliphatic rings. The molecule has 5 rings (SSSR count). The molecule has 5 aromatic rings. The lowest BCUT2D eigenvalue weighted by atomic mass is 10.1. The molecule has 0 radical (unpaired) electrons. The summed E-state index contributed by atoms with van der Waals surface area (Å²) in [4.78, 5) is 22.8. The minimum atomic E-state index is -4.05. The molecule has 37 heavy (non-hydrogen) atoms. The number of fused-ring (bicyclic) bond motifs is 1. The number of aryl methyl sites for hydroxylation is 2. The van der Waals surface area contributed by atoms with Crippen molar-refractivity contribution in [1.82, 2.24) is 19.3 Å². The third kappa shape index (κ3) is 5.26. The summed E-state index contributed by atoms with van der Waals surface area (Å²) in [5.41, 5.74) is 3.70. The maximum atomic E-state index is 12.8. The number of sulfonamides is 1. The van der Waals surface area contributed by atoms with Crippen LogP contribution in [0.15, 0.2) is 71.6 Å². The Bertz CT molecular complexity index is 1760. The topological polar surface area (TPSA) is 94.0 Å². The summed E-state index contributed by atoms with van der Waals surface area (Å²) in [5, 5.41) is 0.571. The first-order valence-electron chi connectivity index (χ1n) is 11.1. The van der Waals surface area contributed by atoms with Crippen molar-refractivity contribution in [2.45, 2.75) is 25.3 Å². The van der Waals surface area contributed by atoms with Gasteiger partial charge in [0.2, 0.25) is 0 Å². The lowest BCUT2D eigenvalue weighted by Gasteiger charge is -2.11. The fraction of sp³-hybridized carbons (Fsp3) is 0.115. The normalized spacial score (nSPS) is 11.7. The summed E-state index contributed by atoms with van der Waals surface area (Å²) in [5.74, 6) is -0.151. The SMILES string of the molecule is Cc1ccc(S(=O)(=O)NC(=O)c2ccc3nc(C)n(Cc4ccc(-c5ccc(Cl)s5)cc4Cl)c3n2)cc1. The van der Waals surface area contributed by atoms with Crippen LogP contribution in [-0.2, 0) is 16.6 Å². The predicted octanol–water partition coefficient (Wildman–Crippen LogP) is 6.25. The summed E-state index contributed by atoms with van der Waals surface area (Å²) in [6.45, 7) is 4.05. The first-order valence-corrected chi connectivity index (χ1v) is 14.2. The van der Waals surface area contributed by atoms with Crippen molar-refractivity contribution >= 4 is 61.6 Å². The predicted molar refractivity (Wildman–Crippen MR) is 147 cm³/mol. The van der Waals surface area contributed by atoms with E-state index in [2.05, 4.69) is 14.7 Å². The minimum Gasteiger partial charge on any atom is -0.308 e. The van der Waals surface area contributed by atoms with Crippen molar-refractivity contribution in [3.05, 3.63) is 98.7 Å². The van der Waals surface area contributed by atoms with Gasteiger partial charge in [0.05, 0.1) is 15.8 Å². The highest BCUT2D eigenvalue weighted by Gasteiger charge is 2.21. The number of carbonyl (C=O) groups excluding carboxylic acids is 1. The summed E-state index contributed by atoms with van der Waals surface area (Å²) in [6.07, 6.45) is 0. The number of benzene rings is 2. The van der Waals surface area contributed by atoms with E-state index in [1.165, 1.54) is 29.5 Å². The van der Waals surface area contributed by atoms with Gasteiger partial charge in [-0.05, 0) is 67.4 Å².